The van der Waals surface area contributed by atoms with Gasteiger partial charge in [0.15, 0.2) is 5.17 Å². The number of carbonyl (C=O) groups excluding carboxylic acids is 1. The van der Waals surface area contributed by atoms with Crippen molar-refractivity contribution in [3.05, 3.63) is 88.7 Å². The number of benzene rings is 2. The van der Waals surface area contributed by atoms with Gasteiger partial charge in [0.05, 0.1) is 22.7 Å². The summed E-state index contributed by atoms with van der Waals surface area (Å²) in [4.78, 5) is 22.2. The standard InChI is InChI=1S/C27H24N4O2S/c1-4-33-23-10-7-21(8-11-23)29-27-30-26(32)25(34-27)16-20-14-17(2)31(18(20)3)22-9-12-24-19(15-22)6-5-13-28-24/h5-16H,4H2,1-3H3,(H,29,30,32)/b25-16-. The number of fused-ring (bicyclic) bond motifs is 1. The van der Waals surface area contributed by atoms with Crippen molar-refractivity contribution in [2.24, 2.45) is 4.99 Å². The largest absolute Gasteiger partial charge is 0.494 e. The number of nitrogens with one attached hydrogen (secondary N) is 1. The molecule has 0 atom stereocenters. The maximum atomic E-state index is 12.6. The molecule has 170 valence electrons. The normalized spacial score (nSPS) is 15.9. The summed E-state index contributed by atoms with van der Waals surface area (Å²) in [5.41, 5.74) is 5.97. The number of aryl methyl sites for hydroxylation is 1. The summed E-state index contributed by atoms with van der Waals surface area (Å²) in [6.45, 7) is 6.71. The highest BCUT2D eigenvalue weighted by molar-refractivity contribution is 8.18. The van der Waals surface area contributed by atoms with Crippen molar-refractivity contribution in [2.75, 3.05) is 6.61 Å². The zero-order valence-electron chi connectivity index (χ0n) is 19.2. The van der Waals surface area contributed by atoms with Crippen LogP contribution in [-0.2, 0) is 4.79 Å². The molecule has 2 aromatic heterocycles. The van der Waals surface area contributed by atoms with E-state index in [4.69, 9.17) is 4.74 Å². The molecule has 1 N–H and O–H groups in total. The molecule has 0 saturated carbocycles. The predicted molar refractivity (Wildman–Crippen MR) is 139 cm³/mol. The summed E-state index contributed by atoms with van der Waals surface area (Å²) in [6, 6.07) is 19.8. The first-order valence-electron chi connectivity index (χ1n) is 11.1. The minimum atomic E-state index is -0.142. The molecule has 3 heterocycles. The average molecular weight is 469 g/mol. The number of pyridine rings is 1. The number of nitrogens with zero attached hydrogens (tertiary/aromatic N) is 3. The number of aliphatic imine (C=N–C) groups is 1. The van der Waals surface area contributed by atoms with Crippen LogP contribution < -0.4 is 10.1 Å². The van der Waals surface area contributed by atoms with Crippen LogP contribution in [0, 0.1) is 13.8 Å². The summed E-state index contributed by atoms with van der Waals surface area (Å²) in [7, 11) is 0. The Bertz CT molecular complexity index is 1450. The minimum Gasteiger partial charge on any atom is -0.494 e. The molecule has 5 rings (SSSR count). The van der Waals surface area contributed by atoms with Gasteiger partial charge in [-0.25, -0.2) is 4.99 Å². The number of thioether (sulfide) groups is 1. The van der Waals surface area contributed by atoms with Crippen LogP contribution in [0.1, 0.15) is 23.9 Å². The summed E-state index contributed by atoms with van der Waals surface area (Å²) in [6.07, 6.45) is 3.73. The summed E-state index contributed by atoms with van der Waals surface area (Å²) in [5, 5.41) is 4.52. The van der Waals surface area contributed by atoms with E-state index in [1.165, 1.54) is 11.8 Å². The van der Waals surface area contributed by atoms with E-state index in [-0.39, 0.29) is 5.91 Å². The third kappa shape index (κ3) is 4.34. The van der Waals surface area contributed by atoms with Gasteiger partial charge in [-0.3, -0.25) is 9.78 Å². The fourth-order valence-corrected chi connectivity index (χ4v) is 4.89. The number of rotatable bonds is 5. The lowest BCUT2D eigenvalue weighted by Crippen LogP contribution is -2.19. The SMILES string of the molecule is CCOc1ccc(N=C2NC(=O)/C(=C/c3cc(C)n(-c4ccc5ncccc5c4)c3C)S2)cc1. The van der Waals surface area contributed by atoms with E-state index in [1.807, 2.05) is 49.4 Å². The van der Waals surface area contributed by atoms with Crippen LogP contribution in [-0.4, -0.2) is 27.2 Å². The number of hydrogen-bond donors (Lipinski definition) is 1. The smallest absolute Gasteiger partial charge is 0.264 e. The van der Waals surface area contributed by atoms with Crippen LogP contribution in [0.3, 0.4) is 0 Å². The minimum absolute atomic E-state index is 0.142. The first kappa shape index (κ1) is 22.0. The molecule has 0 radical (unpaired) electrons. The molecular weight excluding hydrogens is 444 g/mol. The zero-order valence-corrected chi connectivity index (χ0v) is 20.0. The molecule has 1 saturated heterocycles. The molecule has 0 aliphatic carbocycles. The molecular formula is C27H24N4O2S. The van der Waals surface area contributed by atoms with Crippen molar-refractivity contribution >= 4 is 45.5 Å². The van der Waals surface area contributed by atoms with Crippen LogP contribution in [0.2, 0.25) is 0 Å². The van der Waals surface area contributed by atoms with E-state index in [0.29, 0.717) is 16.7 Å². The molecule has 1 aliphatic heterocycles. The van der Waals surface area contributed by atoms with Gasteiger partial charge in [0.1, 0.15) is 5.75 Å². The lowest BCUT2D eigenvalue weighted by atomic mass is 10.2. The quantitative estimate of drug-likeness (QED) is 0.369. The Morgan fingerprint density at radius 1 is 1.12 bits per heavy atom. The Balaban J connectivity index is 1.41. The van der Waals surface area contributed by atoms with Crippen molar-refractivity contribution in [2.45, 2.75) is 20.8 Å². The van der Waals surface area contributed by atoms with Crippen LogP contribution in [0.25, 0.3) is 22.7 Å². The molecule has 2 aromatic carbocycles. The predicted octanol–water partition coefficient (Wildman–Crippen LogP) is 5.93. The Kier molecular flexibility index (Phi) is 5.94. The van der Waals surface area contributed by atoms with E-state index in [9.17, 15) is 4.79 Å². The third-order valence-electron chi connectivity index (χ3n) is 5.63. The maximum absolute atomic E-state index is 12.6. The van der Waals surface area contributed by atoms with Gasteiger partial charge >= 0.3 is 0 Å². The van der Waals surface area contributed by atoms with Crippen molar-refractivity contribution < 1.29 is 9.53 Å². The number of aromatic nitrogens is 2. The lowest BCUT2D eigenvalue weighted by molar-refractivity contribution is -0.115. The average Bonchev–Trinajstić information content (AvgIpc) is 3.32. The van der Waals surface area contributed by atoms with Gasteiger partial charge in [0, 0.05) is 28.7 Å². The van der Waals surface area contributed by atoms with E-state index in [2.05, 4.69) is 58.0 Å². The van der Waals surface area contributed by atoms with Gasteiger partial charge in [-0.1, -0.05) is 6.07 Å². The van der Waals surface area contributed by atoms with Crippen molar-refractivity contribution in [1.29, 1.82) is 0 Å². The Labute approximate surface area is 202 Å². The van der Waals surface area contributed by atoms with Crippen molar-refractivity contribution in [3.8, 4) is 11.4 Å². The maximum Gasteiger partial charge on any atom is 0.264 e. The van der Waals surface area contributed by atoms with Crippen LogP contribution in [0.4, 0.5) is 5.69 Å². The van der Waals surface area contributed by atoms with Crippen LogP contribution in [0.15, 0.2) is 76.8 Å². The summed E-state index contributed by atoms with van der Waals surface area (Å²) >= 11 is 1.35. The van der Waals surface area contributed by atoms with Crippen molar-refractivity contribution in [1.82, 2.24) is 14.9 Å². The van der Waals surface area contributed by atoms with Gasteiger partial charge < -0.3 is 14.6 Å². The second-order valence-electron chi connectivity index (χ2n) is 7.95. The monoisotopic (exact) mass is 468 g/mol. The van der Waals surface area contributed by atoms with Gasteiger partial charge in [-0.2, -0.15) is 0 Å². The first-order valence-corrected chi connectivity index (χ1v) is 11.9. The second-order valence-corrected chi connectivity index (χ2v) is 8.98. The molecule has 1 fully saturated rings. The molecule has 4 aromatic rings. The second kappa shape index (κ2) is 9.19. The molecule has 0 bridgehead atoms. The fourth-order valence-electron chi connectivity index (χ4n) is 4.06. The van der Waals surface area contributed by atoms with Crippen LogP contribution >= 0.6 is 11.8 Å². The highest BCUT2D eigenvalue weighted by atomic mass is 32.2. The fraction of sp³-hybridized carbons (Fsp3) is 0.148. The molecule has 7 heteroatoms. The first-order chi connectivity index (χ1) is 16.5. The Hall–Kier alpha value is -3.84. The Morgan fingerprint density at radius 2 is 1.94 bits per heavy atom. The van der Waals surface area contributed by atoms with Crippen LogP contribution in [0.5, 0.6) is 5.75 Å². The van der Waals surface area contributed by atoms with Crippen molar-refractivity contribution in [3.63, 3.8) is 0 Å². The molecule has 1 aliphatic rings. The third-order valence-corrected chi connectivity index (χ3v) is 6.54. The van der Waals surface area contributed by atoms with Gasteiger partial charge in [-0.15, -0.1) is 0 Å². The van der Waals surface area contributed by atoms with E-state index in [1.54, 1.807) is 6.20 Å². The Morgan fingerprint density at radius 3 is 2.74 bits per heavy atom. The van der Waals surface area contributed by atoms with Gasteiger partial charge in [0.25, 0.3) is 5.91 Å². The van der Waals surface area contributed by atoms with Gasteiger partial charge in [0.2, 0.25) is 0 Å². The van der Waals surface area contributed by atoms with E-state index >= 15 is 0 Å². The molecule has 1 amide bonds. The summed E-state index contributed by atoms with van der Waals surface area (Å²) in [5.74, 6) is 0.657. The molecule has 6 nitrogen and oxygen atoms in total. The number of ether oxygens (including phenoxy) is 1. The van der Waals surface area contributed by atoms with E-state index < -0.39 is 0 Å². The molecule has 34 heavy (non-hydrogen) atoms. The molecule has 0 spiro atoms. The zero-order chi connectivity index (χ0) is 23.7. The number of amides is 1. The van der Waals surface area contributed by atoms with Gasteiger partial charge in [-0.05, 0) is 98.8 Å². The number of carbonyl (C=O) groups is 1. The number of hydrogen-bond acceptors (Lipinski definition) is 5. The molecule has 0 unspecified atom stereocenters. The topological polar surface area (TPSA) is 68.5 Å². The summed E-state index contributed by atoms with van der Waals surface area (Å²) < 4.78 is 7.67. The lowest BCUT2D eigenvalue weighted by Gasteiger charge is -2.10. The highest BCUT2D eigenvalue weighted by Crippen LogP contribution is 2.31. The van der Waals surface area contributed by atoms with E-state index in [0.717, 1.165) is 45.0 Å². The number of amidine groups is 1. The highest BCUT2D eigenvalue weighted by Gasteiger charge is 2.24.